The first-order valence-electron chi connectivity index (χ1n) is 4.75. The van der Waals surface area contributed by atoms with Gasteiger partial charge in [-0.25, -0.2) is 0 Å². The molecule has 0 spiro atoms. The third-order valence-corrected chi connectivity index (χ3v) is 3.42. The first-order chi connectivity index (χ1) is 7.13. The molecule has 0 saturated heterocycles. The van der Waals surface area contributed by atoms with Crippen molar-refractivity contribution in [1.29, 1.82) is 0 Å². The lowest BCUT2D eigenvalue weighted by Gasteiger charge is -2.08. The van der Waals surface area contributed by atoms with E-state index in [4.69, 9.17) is 0 Å². The molecule has 0 fully saturated rings. The van der Waals surface area contributed by atoms with Crippen LogP contribution in [0.1, 0.15) is 24.2 Å². The zero-order chi connectivity index (χ0) is 11.3. The topological polar surface area (TPSA) is 29.1 Å². The predicted molar refractivity (Wildman–Crippen MR) is 68.4 cm³/mol. The number of carbonyl (C=O) groups excluding carboxylic acids is 1. The molecule has 82 valence electrons. The molecule has 1 aromatic rings. The summed E-state index contributed by atoms with van der Waals surface area (Å²) >= 11 is 0. The van der Waals surface area contributed by atoms with Crippen LogP contribution >= 0.6 is 21.6 Å². The summed E-state index contributed by atoms with van der Waals surface area (Å²) in [5.41, 5.74) is 0.717. The Morgan fingerprint density at radius 2 is 1.87 bits per heavy atom. The Hall–Kier alpha value is -0.610. The van der Waals surface area contributed by atoms with Crippen LogP contribution in [0.25, 0.3) is 0 Å². The summed E-state index contributed by atoms with van der Waals surface area (Å²) in [5, 5.41) is 2.86. The van der Waals surface area contributed by atoms with Gasteiger partial charge in [-0.3, -0.25) is 4.79 Å². The summed E-state index contributed by atoms with van der Waals surface area (Å²) in [4.78, 5) is 12.8. The number of carbonyl (C=O) groups is 1. The highest BCUT2D eigenvalue weighted by Gasteiger charge is 2.06. The van der Waals surface area contributed by atoms with Gasteiger partial charge in [-0.05, 0) is 44.4 Å². The van der Waals surface area contributed by atoms with Gasteiger partial charge in [-0.1, -0.05) is 21.6 Å². The number of hydrogen-bond donors (Lipinski definition) is 1. The Morgan fingerprint density at radius 1 is 1.27 bits per heavy atom. The molecule has 0 saturated carbocycles. The van der Waals surface area contributed by atoms with Gasteiger partial charge in [0, 0.05) is 16.5 Å². The first-order valence-corrected chi connectivity index (χ1v) is 7.31. The summed E-state index contributed by atoms with van der Waals surface area (Å²) in [5.74, 6) is -0.00861. The first kappa shape index (κ1) is 12.5. The van der Waals surface area contributed by atoms with Crippen LogP contribution in [0.3, 0.4) is 0 Å². The highest BCUT2D eigenvalue weighted by molar-refractivity contribution is 8.76. The van der Waals surface area contributed by atoms with E-state index in [-0.39, 0.29) is 11.9 Å². The molecule has 15 heavy (non-hydrogen) atoms. The number of amides is 1. The van der Waals surface area contributed by atoms with Gasteiger partial charge in [-0.2, -0.15) is 0 Å². The molecule has 1 amide bonds. The van der Waals surface area contributed by atoms with E-state index in [9.17, 15) is 4.79 Å². The number of hydrogen-bond acceptors (Lipinski definition) is 3. The Balaban J connectivity index is 2.67. The van der Waals surface area contributed by atoms with Crippen molar-refractivity contribution in [2.45, 2.75) is 24.8 Å². The molecule has 0 radical (unpaired) electrons. The molecule has 1 rings (SSSR count). The normalized spacial score (nSPS) is 10.4. The van der Waals surface area contributed by atoms with Crippen LogP contribution in [-0.4, -0.2) is 18.2 Å². The quantitative estimate of drug-likeness (QED) is 0.821. The average Bonchev–Trinajstić information content (AvgIpc) is 2.18. The fourth-order valence-corrected chi connectivity index (χ4v) is 2.45. The molecule has 0 aliphatic carbocycles. The van der Waals surface area contributed by atoms with E-state index >= 15 is 0 Å². The van der Waals surface area contributed by atoms with Gasteiger partial charge in [-0.15, -0.1) is 0 Å². The van der Waals surface area contributed by atoms with E-state index in [0.29, 0.717) is 5.56 Å². The molecule has 0 aromatic heterocycles. The van der Waals surface area contributed by atoms with Crippen LogP contribution in [0.2, 0.25) is 0 Å². The fraction of sp³-hybridized carbons (Fsp3) is 0.364. The van der Waals surface area contributed by atoms with Crippen molar-refractivity contribution in [1.82, 2.24) is 5.32 Å². The van der Waals surface area contributed by atoms with Crippen LogP contribution in [0, 0.1) is 0 Å². The monoisotopic (exact) mass is 241 g/mol. The molecule has 0 atom stereocenters. The van der Waals surface area contributed by atoms with Crippen molar-refractivity contribution in [3.05, 3.63) is 29.8 Å². The van der Waals surface area contributed by atoms with Crippen molar-refractivity contribution in [2.24, 2.45) is 0 Å². The Labute approximate surface area is 98.6 Å². The minimum Gasteiger partial charge on any atom is -0.350 e. The van der Waals surface area contributed by atoms with Gasteiger partial charge < -0.3 is 5.32 Å². The van der Waals surface area contributed by atoms with E-state index in [1.807, 2.05) is 44.4 Å². The lowest BCUT2D eigenvalue weighted by Crippen LogP contribution is -2.29. The minimum absolute atomic E-state index is 0.00861. The lowest BCUT2D eigenvalue weighted by molar-refractivity contribution is 0.0943. The van der Waals surface area contributed by atoms with Gasteiger partial charge in [0.05, 0.1) is 0 Å². The number of nitrogens with one attached hydrogen (secondary N) is 1. The summed E-state index contributed by atoms with van der Waals surface area (Å²) in [7, 11) is 3.39. The molecule has 1 aromatic carbocycles. The summed E-state index contributed by atoms with van der Waals surface area (Å²) in [6, 6.07) is 7.83. The van der Waals surface area contributed by atoms with Gasteiger partial charge in [0.2, 0.25) is 0 Å². The molecule has 0 unspecified atom stereocenters. The standard InChI is InChI=1S/C11H15NOS2/c1-8(2)12-11(13)9-4-6-10(7-5-9)15-14-3/h4-8H,1-3H3,(H,12,13). The van der Waals surface area contributed by atoms with Crippen LogP contribution in [-0.2, 0) is 0 Å². The van der Waals surface area contributed by atoms with Crippen molar-refractivity contribution in [3.63, 3.8) is 0 Å². The lowest BCUT2D eigenvalue weighted by atomic mass is 10.2. The zero-order valence-corrected chi connectivity index (χ0v) is 10.7. The van der Waals surface area contributed by atoms with Crippen LogP contribution in [0.5, 0.6) is 0 Å². The number of benzene rings is 1. The van der Waals surface area contributed by atoms with Gasteiger partial charge in [0.25, 0.3) is 5.91 Å². The van der Waals surface area contributed by atoms with E-state index in [2.05, 4.69) is 5.32 Å². The SMILES string of the molecule is CSSc1ccc(C(=O)NC(C)C)cc1. The van der Waals surface area contributed by atoms with Crippen molar-refractivity contribution in [3.8, 4) is 0 Å². The van der Waals surface area contributed by atoms with Gasteiger partial charge in [0.15, 0.2) is 0 Å². The molecule has 2 nitrogen and oxygen atoms in total. The second kappa shape index (κ2) is 6.08. The summed E-state index contributed by atoms with van der Waals surface area (Å²) in [6.07, 6.45) is 2.03. The largest absolute Gasteiger partial charge is 0.350 e. The summed E-state index contributed by atoms with van der Waals surface area (Å²) in [6.45, 7) is 3.91. The Bertz CT molecular complexity index is 322. The highest BCUT2D eigenvalue weighted by Crippen LogP contribution is 2.28. The fourth-order valence-electron chi connectivity index (χ4n) is 1.10. The van der Waals surface area contributed by atoms with E-state index < -0.39 is 0 Å². The van der Waals surface area contributed by atoms with E-state index in [1.54, 1.807) is 21.6 Å². The maximum absolute atomic E-state index is 11.6. The average molecular weight is 241 g/mol. The molecule has 0 aliphatic rings. The molecule has 1 N–H and O–H groups in total. The van der Waals surface area contributed by atoms with E-state index in [1.165, 1.54) is 4.90 Å². The smallest absolute Gasteiger partial charge is 0.251 e. The second-order valence-corrected chi connectivity index (χ2v) is 5.87. The van der Waals surface area contributed by atoms with Gasteiger partial charge >= 0.3 is 0 Å². The van der Waals surface area contributed by atoms with Crippen molar-refractivity contribution >= 4 is 27.5 Å². The third-order valence-electron chi connectivity index (χ3n) is 1.72. The summed E-state index contributed by atoms with van der Waals surface area (Å²) < 4.78 is 0. The molecule has 0 bridgehead atoms. The zero-order valence-electron chi connectivity index (χ0n) is 9.11. The highest BCUT2D eigenvalue weighted by atomic mass is 33.1. The molecule has 0 heterocycles. The van der Waals surface area contributed by atoms with Crippen LogP contribution in [0.4, 0.5) is 0 Å². The van der Waals surface area contributed by atoms with Gasteiger partial charge in [0.1, 0.15) is 0 Å². The second-order valence-electron chi connectivity index (χ2n) is 3.40. The number of rotatable bonds is 4. The Morgan fingerprint density at radius 3 is 2.33 bits per heavy atom. The minimum atomic E-state index is -0.00861. The molecule has 0 aliphatic heterocycles. The maximum atomic E-state index is 11.6. The van der Waals surface area contributed by atoms with E-state index in [0.717, 1.165) is 0 Å². The van der Waals surface area contributed by atoms with Crippen molar-refractivity contribution < 1.29 is 4.79 Å². The van der Waals surface area contributed by atoms with Crippen LogP contribution in [0.15, 0.2) is 29.2 Å². The third kappa shape index (κ3) is 4.18. The Kier molecular flexibility index (Phi) is 5.05. The van der Waals surface area contributed by atoms with Crippen LogP contribution < -0.4 is 5.32 Å². The van der Waals surface area contributed by atoms with Crippen molar-refractivity contribution in [2.75, 3.05) is 6.26 Å². The molecular weight excluding hydrogens is 226 g/mol. The maximum Gasteiger partial charge on any atom is 0.251 e. The molecule has 4 heteroatoms. The predicted octanol–water partition coefficient (Wildman–Crippen LogP) is 3.19. The molecular formula is C11H15NOS2.